The molecular formula is C20H8Cl2O3S2. The number of fused-ring (bicyclic) bond motifs is 8. The maximum atomic E-state index is 13.0. The fourth-order valence-electron chi connectivity index (χ4n) is 3.95. The summed E-state index contributed by atoms with van der Waals surface area (Å²) in [5.41, 5.74) is 1.42. The number of halogens is 2. The Morgan fingerprint density at radius 1 is 0.815 bits per heavy atom. The highest BCUT2D eigenvalue weighted by Gasteiger charge is 2.56. The Balaban J connectivity index is 1.83. The molecule has 0 aliphatic carbocycles. The number of benzene rings is 3. The summed E-state index contributed by atoms with van der Waals surface area (Å²) in [4.78, 5) is 13.0. The molecule has 0 fully saturated rings. The summed E-state index contributed by atoms with van der Waals surface area (Å²) in [6.07, 6.45) is 0. The van der Waals surface area contributed by atoms with Crippen molar-refractivity contribution >= 4 is 59.3 Å². The Labute approximate surface area is 171 Å². The molecule has 3 heterocycles. The Kier molecular flexibility index (Phi) is 3.11. The molecule has 4 aromatic rings. The lowest BCUT2D eigenvalue weighted by Gasteiger charge is -2.36. The molecule has 1 spiro atoms. The summed E-state index contributed by atoms with van der Waals surface area (Å²) in [5, 5.41) is 0.823. The first-order valence-corrected chi connectivity index (χ1v) is 11.0. The number of carbonyl (C=O) groups excluding carboxylic acids is 1. The van der Waals surface area contributed by atoms with Crippen molar-refractivity contribution < 1.29 is 14.3 Å². The van der Waals surface area contributed by atoms with Crippen LogP contribution in [0.25, 0.3) is 9.40 Å². The molecule has 6 rings (SSSR count). The van der Waals surface area contributed by atoms with Crippen LogP contribution in [0.15, 0.2) is 48.5 Å². The first kappa shape index (κ1) is 16.0. The minimum Gasteiger partial charge on any atom is -0.456 e. The molecule has 0 saturated heterocycles. The molecule has 132 valence electrons. The predicted octanol–water partition coefficient (Wildman–Crippen LogP) is 6.84. The SMILES string of the molecule is O=C1OC2(c3ccccc3Oc3ccccc32)c2c(Cl)c(Cl)c3ssc3c21. The Morgan fingerprint density at radius 3 is 2.00 bits per heavy atom. The van der Waals surface area contributed by atoms with Gasteiger partial charge in [-0.25, -0.2) is 4.79 Å². The molecule has 2 aliphatic heterocycles. The van der Waals surface area contributed by atoms with Gasteiger partial charge in [-0.15, -0.1) is 0 Å². The summed E-state index contributed by atoms with van der Waals surface area (Å²) in [6, 6.07) is 15.1. The second kappa shape index (κ2) is 5.26. The van der Waals surface area contributed by atoms with Crippen molar-refractivity contribution in [2.45, 2.75) is 5.60 Å². The molecule has 0 bridgehead atoms. The molecule has 7 heteroatoms. The third-order valence-electron chi connectivity index (χ3n) is 5.06. The second-order valence-electron chi connectivity index (χ2n) is 6.37. The van der Waals surface area contributed by atoms with Gasteiger partial charge in [0.1, 0.15) is 11.5 Å². The van der Waals surface area contributed by atoms with E-state index in [1.54, 1.807) is 0 Å². The lowest BCUT2D eigenvalue weighted by atomic mass is 9.77. The summed E-state index contributed by atoms with van der Waals surface area (Å²) in [6.45, 7) is 0. The Morgan fingerprint density at radius 2 is 1.41 bits per heavy atom. The highest BCUT2D eigenvalue weighted by atomic mass is 35.5. The largest absolute Gasteiger partial charge is 0.456 e. The van der Waals surface area contributed by atoms with Gasteiger partial charge in [-0.1, -0.05) is 80.3 Å². The van der Waals surface area contributed by atoms with Crippen LogP contribution in [0.3, 0.4) is 0 Å². The molecule has 27 heavy (non-hydrogen) atoms. The van der Waals surface area contributed by atoms with Crippen LogP contribution in [0.4, 0.5) is 0 Å². The molecular weight excluding hydrogens is 423 g/mol. The summed E-state index contributed by atoms with van der Waals surface area (Å²) in [5.74, 6) is 0.877. The fourth-order valence-corrected chi connectivity index (χ4v) is 6.98. The average molecular weight is 431 g/mol. The number of carbonyl (C=O) groups is 1. The lowest BCUT2D eigenvalue weighted by Crippen LogP contribution is -2.33. The van der Waals surface area contributed by atoms with E-state index in [0.29, 0.717) is 32.7 Å². The maximum Gasteiger partial charge on any atom is 0.341 e. The number of hydrogen-bond donors (Lipinski definition) is 0. The van der Waals surface area contributed by atoms with E-state index in [0.717, 1.165) is 20.5 Å². The predicted molar refractivity (Wildman–Crippen MR) is 108 cm³/mol. The van der Waals surface area contributed by atoms with Crippen LogP contribution in [0, 0.1) is 0 Å². The van der Waals surface area contributed by atoms with Crippen molar-refractivity contribution in [3.63, 3.8) is 0 Å². The smallest absolute Gasteiger partial charge is 0.341 e. The molecule has 1 aromatic heterocycles. The molecule has 3 aromatic carbocycles. The zero-order valence-electron chi connectivity index (χ0n) is 13.4. The number of rotatable bonds is 0. The van der Waals surface area contributed by atoms with E-state index in [-0.39, 0.29) is 5.97 Å². The van der Waals surface area contributed by atoms with Crippen LogP contribution in [0.5, 0.6) is 11.5 Å². The monoisotopic (exact) mass is 430 g/mol. The van der Waals surface area contributed by atoms with Crippen molar-refractivity contribution in [1.82, 2.24) is 0 Å². The van der Waals surface area contributed by atoms with Gasteiger partial charge in [-0.3, -0.25) is 0 Å². The molecule has 0 unspecified atom stereocenters. The molecule has 0 N–H and O–H groups in total. The zero-order valence-corrected chi connectivity index (χ0v) is 16.6. The molecule has 0 amide bonds. The van der Waals surface area contributed by atoms with Gasteiger partial charge in [0.25, 0.3) is 0 Å². The minimum absolute atomic E-state index is 0.357. The minimum atomic E-state index is -1.17. The van der Waals surface area contributed by atoms with Gasteiger partial charge in [-0.2, -0.15) is 0 Å². The molecule has 2 aliphatic rings. The molecule has 0 radical (unpaired) electrons. The number of esters is 1. The summed E-state index contributed by atoms with van der Waals surface area (Å²) < 4.78 is 13.9. The van der Waals surface area contributed by atoms with Crippen LogP contribution < -0.4 is 4.74 Å². The van der Waals surface area contributed by atoms with Crippen LogP contribution in [0.1, 0.15) is 27.0 Å². The van der Waals surface area contributed by atoms with Gasteiger partial charge in [0, 0.05) is 16.7 Å². The van der Waals surface area contributed by atoms with Crippen molar-refractivity contribution in [3.05, 3.63) is 80.8 Å². The topological polar surface area (TPSA) is 35.5 Å². The average Bonchev–Trinajstić information content (AvgIpc) is 2.93. The first-order chi connectivity index (χ1) is 13.1. The van der Waals surface area contributed by atoms with E-state index >= 15 is 0 Å². The zero-order chi connectivity index (χ0) is 18.3. The number of ether oxygens (including phenoxy) is 2. The summed E-state index contributed by atoms with van der Waals surface area (Å²) >= 11 is 13.3. The van der Waals surface area contributed by atoms with Crippen molar-refractivity contribution in [1.29, 1.82) is 0 Å². The Bertz CT molecular complexity index is 1240. The van der Waals surface area contributed by atoms with Gasteiger partial charge >= 0.3 is 5.97 Å². The van der Waals surface area contributed by atoms with E-state index in [2.05, 4.69) is 0 Å². The highest BCUT2D eigenvalue weighted by Crippen LogP contribution is 2.61. The highest BCUT2D eigenvalue weighted by molar-refractivity contribution is 7.78. The van der Waals surface area contributed by atoms with E-state index < -0.39 is 5.60 Å². The second-order valence-corrected chi connectivity index (χ2v) is 9.27. The van der Waals surface area contributed by atoms with Gasteiger partial charge < -0.3 is 9.47 Å². The lowest BCUT2D eigenvalue weighted by molar-refractivity contribution is 0.0225. The van der Waals surface area contributed by atoms with Gasteiger partial charge in [0.15, 0.2) is 5.60 Å². The quantitative estimate of drug-likeness (QED) is 0.226. The molecule has 3 nitrogen and oxygen atoms in total. The van der Waals surface area contributed by atoms with E-state index in [9.17, 15) is 4.79 Å². The Hall–Kier alpha value is -2.05. The van der Waals surface area contributed by atoms with Crippen LogP contribution >= 0.6 is 43.9 Å². The van der Waals surface area contributed by atoms with Crippen LogP contribution in [-0.4, -0.2) is 5.97 Å². The third kappa shape index (κ3) is 1.81. The molecule has 0 saturated carbocycles. The number of hydrogen-bond acceptors (Lipinski definition) is 5. The third-order valence-corrected chi connectivity index (χ3v) is 8.63. The van der Waals surface area contributed by atoms with E-state index in [1.807, 2.05) is 48.5 Å². The summed E-state index contributed by atoms with van der Waals surface area (Å²) in [7, 11) is 3.03. The van der Waals surface area contributed by atoms with Crippen LogP contribution in [0.2, 0.25) is 10.0 Å². The van der Waals surface area contributed by atoms with Crippen molar-refractivity contribution in [2.24, 2.45) is 0 Å². The van der Waals surface area contributed by atoms with Gasteiger partial charge in [-0.05, 0) is 12.1 Å². The number of para-hydroxylation sites is 2. The molecule has 0 atom stereocenters. The van der Waals surface area contributed by atoms with Gasteiger partial charge in [0.05, 0.1) is 25.0 Å². The van der Waals surface area contributed by atoms with Gasteiger partial charge in [0.2, 0.25) is 0 Å². The van der Waals surface area contributed by atoms with Crippen molar-refractivity contribution in [3.8, 4) is 11.5 Å². The normalized spacial score (nSPS) is 16.0. The maximum absolute atomic E-state index is 13.0. The van der Waals surface area contributed by atoms with Crippen molar-refractivity contribution in [2.75, 3.05) is 0 Å². The van der Waals surface area contributed by atoms with E-state index in [4.69, 9.17) is 32.7 Å². The van der Waals surface area contributed by atoms with Crippen LogP contribution in [-0.2, 0) is 10.3 Å². The standard InChI is InChI=1S/C20H8Cl2O3S2/c21-15-14-13(17-18(16(15)22)27-26-17)19(23)25-20(14)9-5-1-3-7-11(9)24-12-8-4-2-6-10(12)20/h1-8H. The van der Waals surface area contributed by atoms with E-state index in [1.165, 1.54) is 20.7 Å². The first-order valence-electron chi connectivity index (χ1n) is 8.13. The fraction of sp³-hybridized carbons (Fsp3) is 0.0500.